The summed E-state index contributed by atoms with van der Waals surface area (Å²) in [5, 5.41) is 14.2. The summed E-state index contributed by atoms with van der Waals surface area (Å²) in [5.41, 5.74) is 3.03. The number of fused-ring (bicyclic) bond motifs is 5. The molecule has 2 amide bonds. The lowest BCUT2D eigenvalue weighted by Crippen LogP contribution is -2.72. The van der Waals surface area contributed by atoms with E-state index in [-0.39, 0.29) is 18.1 Å². The number of anilines is 1. The van der Waals surface area contributed by atoms with Crippen molar-refractivity contribution in [2.24, 2.45) is 0 Å². The lowest BCUT2D eigenvalue weighted by Gasteiger charge is -2.57. The highest BCUT2D eigenvalue weighted by molar-refractivity contribution is 5.85. The number of rotatable bonds is 6. The van der Waals surface area contributed by atoms with Crippen LogP contribution < -0.4 is 9.64 Å². The van der Waals surface area contributed by atoms with Crippen molar-refractivity contribution in [2.75, 3.05) is 57.4 Å². The minimum absolute atomic E-state index is 0.258. The predicted molar refractivity (Wildman–Crippen MR) is 155 cm³/mol. The molecule has 3 aromatic heterocycles. The molecule has 6 aliphatic heterocycles. The molecule has 0 saturated carbocycles. The Morgan fingerprint density at radius 3 is 2.45 bits per heavy atom. The number of carbonyl (C=O) groups is 1. The smallest absolute Gasteiger partial charge is 0.321 e. The molecule has 9 heterocycles. The molecule has 42 heavy (non-hydrogen) atoms. The first-order valence-corrected chi connectivity index (χ1v) is 15.3. The maximum absolute atomic E-state index is 13.4. The van der Waals surface area contributed by atoms with Gasteiger partial charge >= 0.3 is 6.03 Å². The van der Waals surface area contributed by atoms with E-state index < -0.39 is 0 Å². The molecule has 218 valence electrons. The monoisotopic (exact) mass is 568 g/mol. The minimum atomic E-state index is 0.258. The van der Waals surface area contributed by atoms with Gasteiger partial charge in [0.05, 0.1) is 48.8 Å². The number of aromatic nitrogens is 3. The number of piperazine rings is 1. The van der Waals surface area contributed by atoms with Crippen molar-refractivity contribution in [1.82, 2.24) is 29.3 Å². The molecule has 0 radical (unpaired) electrons. The number of pyridine rings is 2. The second-order valence-electron chi connectivity index (χ2n) is 12.3. The molecule has 0 spiro atoms. The van der Waals surface area contributed by atoms with Crippen molar-refractivity contribution >= 4 is 17.4 Å². The normalized spacial score (nSPS) is 26.9. The zero-order valence-electron chi connectivity index (χ0n) is 23.8. The van der Waals surface area contributed by atoms with Crippen molar-refractivity contribution < 1.29 is 14.3 Å². The number of urea groups is 1. The Labute approximate surface area is 245 Å². The lowest BCUT2D eigenvalue weighted by atomic mass is 9.87. The van der Waals surface area contributed by atoms with E-state index in [1.54, 1.807) is 10.7 Å². The van der Waals surface area contributed by atoms with Gasteiger partial charge in [-0.15, -0.1) is 0 Å². The highest BCUT2D eigenvalue weighted by Gasteiger charge is 2.52. The van der Waals surface area contributed by atoms with E-state index >= 15 is 0 Å². The molecule has 0 aromatic carbocycles. The topological polar surface area (TPSA) is 102 Å². The van der Waals surface area contributed by atoms with Crippen LogP contribution in [0.1, 0.15) is 37.7 Å². The molecule has 11 nitrogen and oxygen atoms in total. The minimum Gasteiger partial charge on any atom is -0.491 e. The molecule has 11 heteroatoms. The zero-order chi connectivity index (χ0) is 28.2. The molecular weight excluding hydrogens is 532 g/mol. The Balaban J connectivity index is 0.979. The van der Waals surface area contributed by atoms with Crippen LogP contribution in [0, 0.1) is 11.3 Å². The number of piperidine rings is 1. The number of amides is 2. The number of nitriles is 1. The van der Waals surface area contributed by atoms with E-state index in [0.717, 1.165) is 74.8 Å². The Hall–Kier alpha value is -3.88. The van der Waals surface area contributed by atoms with Crippen molar-refractivity contribution in [3.63, 3.8) is 0 Å². The fourth-order valence-electron chi connectivity index (χ4n) is 7.80. The van der Waals surface area contributed by atoms with Crippen LogP contribution in [-0.2, 0) is 4.74 Å². The lowest BCUT2D eigenvalue weighted by molar-refractivity contribution is 0.0161. The van der Waals surface area contributed by atoms with E-state index in [4.69, 9.17) is 14.5 Å². The molecule has 9 rings (SSSR count). The second-order valence-corrected chi connectivity index (χ2v) is 12.3. The summed E-state index contributed by atoms with van der Waals surface area (Å²) in [4.78, 5) is 27.3. The Morgan fingerprint density at radius 1 is 1.02 bits per heavy atom. The van der Waals surface area contributed by atoms with Gasteiger partial charge in [-0.25, -0.2) is 14.3 Å². The van der Waals surface area contributed by atoms with Crippen LogP contribution in [0.3, 0.4) is 0 Å². The molecule has 2 atom stereocenters. The van der Waals surface area contributed by atoms with Crippen LogP contribution >= 0.6 is 0 Å². The average Bonchev–Trinajstić information content (AvgIpc) is 3.76. The molecular formula is C31H36N8O3. The maximum Gasteiger partial charge on any atom is 0.321 e. The average molecular weight is 569 g/mol. The highest BCUT2D eigenvalue weighted by Crippen LogP contribution is 2.42. The second kappa shape index (κ2) is 10.4. The molecule has 0 aliphatic carbocycles. The summed E-state index contributed by atoms with van der Waals surface area (Å²) in [5.74, 6) is 1.62. The van der Waals surface area contributed by atoms with Crippen LogP contribution in [0.15, 0.2) is 36.8 Å². The Kier molecular flexibility index (Phi) is 6.41. The largest absolute Gasteiger partial charge is 0.491 e. The number of nitrogens with zero attached hydrogens (tertiary/aromatic N) is 8. The first-order chi connectivity index (χ1) is 20.7. The molecule has 2 unspecified atom stereocenters. The molecule has 6 fully saturated rings. The van der Waals surface area contributed by atoms with Crippen molar-refractivity contribution in [1.29, 1.82) is 5.26 Å². The highest BCUT2D eigenvalue weighted by atomic mass is 16.5. The predicted octanol–water partition coefficient (Wildman–Crippen LogP) is 2.99. The number of ether oxygens (including phenoxy) is 2. The molecule has 4 bridgehead atoms. The quantitative estimate of drug-likeness (QED) is 0.447. The third-order valence-corrected chi connectivity index (χ3v) is 9.96. The van der Waals surface area contributed by atoms with Gasteiger partial charge in [0.15, 0.2) is 0 Å². The summed E-state index contributed by atoms with van der Waals surface area (Å²) < 4.78 is 13.3. The Morgan fingerprint density at radius 2 is 1.76 bits per heavy atom. The first-order valence-electron chi connectivity index (χ1n) is 15.3. The van der Waals surface area contributed by atoms with Gasteiger partial charge in [-0.05, 0) is 50.3 Å². The fourth-order valence-corrected chi connectivity index (χ4v) is 7.80. The first kappa shape index (κ1) is 25.8. The van der Waals surface area contributed by atoms with Gasteiger partial charge in [0.1, 0.15) is 24.2 Å². The maximum atomic E-state index is 13.4. The van der Waals surface area contributed by atoms with Gasteiger partial charge in [-0.1, -0.05) is 0 Å². The van der Waals surface area contributed by atoms with Gasteiger partial charge < -0.3 is 24.2 Å². The summed E-state index contributed by atoms with van der Waals surface area (Å²) >= 11 is 0. The SMILES string of the molecule is N#Cc1cnn2cc(OCCN3CCOCC3)cc(-c3ccc(N4CC5CC(C4)N5C(=O)N4C5CCC4CC5)nc3)c12. The Bertz CT molecular complexity index is 1500. The molecule has 6 saturated heterocycles. The van der Waals surface area contributed by atoms with Crippen molar-refractivity contribution in [2.45, 2.75) is 56.3 Å². The summed E-state index contributed by atoms with van der Waals surface area (Å²) in [6.45, 7) is 6.38. The van der Waals surface area contributed by atoms with E-state index in [1.807, 2.05) is 18.5 Å². The van der Waals surface area contributed by atoms with Crippen LogP contribution in [0.4, 0.5) is 10.6 Å². The van der Waals surface area contributed by atoms with E-state index in [1.165, 1.54) is 25.7 Å². The summed E-state index contributed by atoms with van der Waals surface area (Å²) in [6, 6.07) is 10.1. The van der Waals surface area contributed by atoms with Crippen LogP contribution in [-0.4, -0.2) is 112 Å². The third-order valence-electron chi connectivity index (χ3n) is 9.96. The van der Waals surface area contributed by atoms with Gasteiger partial charge in [-0.3, -0.25) is 4.90 Å². The van der Waals surface area contributed by atoms with Crippen molar-refractivity contribution in [3.05, 3.63) is 42.4 Å². The van der Waals surface area contributed by atoms with E-state index in [2.05, 4.69) is 42.9 Å². The number of hydrogen-bond acceptors (Lipinski definition) is 8. The summed E-state index contributed by atoms with van der Waals surface area (Å²) in [7, 11) is 0. The number of hydrogen-bond donors (Lipinski definition) is 0. The van der Waals surface area contributed by atoms with E-state index in [9.17, 15) is 10.1 Å². The van der Waals surface area contributed by atoms with Gasteiger partial charge in [0, 0.05) is 62.1 Å². The number of carbonyl (C=O) groups excluding carboxylic acids is 1. The number of morpholine rings is 1. The van der Waals surface area contributed by atoms with Crippen LogP contribution in [0.2, 0.25) is 0 Å². The zero-order valence-corrected chi connectivity index (χ0v) is 23.8. The van der Waals surface area contributed by atoms with Crippen molar-refractivity contribution in [3.8, 4) is 22.9 Å². The summed E-state index contributed by atoms with van der Waals surface area (Å²) in [6.07, 6.45) is 11.1. The fraction of sp³-hybridized carbons (Fsp3) is 0.548. The molecule has 3 aromatic rings. The molecule has 0 N–H and O–H groups in total. The van der Waals surface area contributed by atoms with Crippen LogP contribution in [0.5, 0.6) is 5.75 Å². The van der Waals surface area contributed by atoms with Gasteiger partial charge in [-0.2, -0.15) is 10.4 Å². The van der Waals surface area contributed by atoms with Gasteiger partial charge in [0.2, 0.25) is 0 Å². The van der Waals surface area contributed by atoms with Gasteiger partial charge in [0.25, 0.3) is 0 Å². The third kappa shape index (κ3) is 4.36. The van der Waals surface area contributed by atoms with Crippen LogP contribution in [0.25, 0.3) is 16.6 Å². The molecule has 6 aliphatic rings. The standard InChI is InChI=1S/C31H36N8O3/c32-15-22-17-34-37-20-27(42-12-9-35-7-10-41-11-8-35)14-28(30(22)37)21-1-6-29(33-16-21)36-18-25-13-26(19-36)39(25)31(40)38-23-2-3-24(38)5-4-23/h1,6,14,16-17,20,23-26H,2-5,7-13,18-19H2. The van der Waals surface area contributed by atoms with E-state index in [0.29, 0.717) is 30.0 Å².